The lowest BCUT2D eigenvalue weighted by Gasteiger charge is -2.31. The molecule has 260 valence electrons. The van der Waals surface area contributed by atoms with E-state index in [-0.39, 0.29) is 0 Å². The van der Waals surface area contributed by atoms with Crippen molar-refractivity contribution in [3.63, 3.8) is 0 Å². The summed E-state index contributed by atoms with van der Waals surface area (Å²) in [6.07, 6.45) is 18.4. The SMILES string of the molecule is CCCN1/C(=C/C2=CC3=CC(Cc4sc5ccc(-c6ccc(SC)cc6)cc5[n+]4CCC)CCC3CC2)Sc2ccc(Sc3ccccc3)cc21. The summed E-state index contributed by atoms with van der Waals surface area (Å²) in [4.78, 5) is 7.85. The molecule has 2 unspecified atom stereocenters. The highest BCUT2D eigenvalue weighted by atomic mass is 32.2. The molecule has 0 fully saturated rings. The number of nitrogens with zero attached hydrogens (tertiary/aromatic N) is 2. The normalized spacial score (nSPS) is 19.3. The first-order chi connectivity index (χ1) is 25.1. The quantitative estimate of drug-likeness (QED) is 0.0982. The number of allylic oxidation sites excluding steroid dienone is 5. The number of hydrogen-bond acceptors (Lipinski definition) is 5. The molecule has 5 aromatic rings. The molecule has 8 rings (SSSR count). The predicted molar refractivity (Wildman–Crippen MR) is 223 cm³/mol. The van der Waals surface area contributed by atoms with Gasteiger partial charge in [0.1, 0.15) is 11.2 Å². The molecule has 0 saturated carbocycles. The Kier molecular flexibility index (Phi) is 10.8. The van der Waals surface area contributed by atoms with Crippen LogP contribution >= 0.6 is 46.6 Å². The molecule has 0 bridgehead atoms. The molecule has 6 heteroatoms. The molecule has 0 saturated heterocycles. The van der Waals surface area contributed by atoms with Crippen molar-refractivity contribution in [2.75, 3.05) is 17.7 Å². The zero-order chi connectivity index (χ0) is 34.7. The molecule has 1 aromatic heterocycles. The number of thiazole rings is 1. The van der Waals surface area contributed by atoms with E-state index in [9.17, 15) is 0 Å². The molecule has 2 nitrogen and oxygen atoms in total. The van der Waals surface area contributed by atoms with Gasteiger partial charge in [0, 0.05) is 45.0 Å². The van der Waals surface area contributed by atoms with Crippen LogP contribution in [0.1, 0.15) is 57.4 Å². The largest absolute Gasteiger partial charge is 0.335 e. The zero-order valence-electron chi connectivity index (χ0n) is 29.9. The Balaban J connectivity index is 1.03. The van der Waals surface area contributed by atoms with Gasteiger partial charge >= 0.3 is 0 Å². The molecular weight excluding hydrogens is 697 g/mol. The van der Waals surface area contributed by atoms with Crippen molar-refractivity contribution in [1.82, 2.24) is 0 Å². The van der Waals surface area contributed by atoms with E-state index < -0.39 is 0 Å². The third-order valence-corrected chi connectivity index (χ3v) is 14.5. The zero-order valence-corrected chi connectivity index (χ0v) is 33.2. The lowest BCUT2D eigenvalue weighted by atomic mass is 9.75. The number of benzene rings is 4. The van der Waals surface area contributed by atoms with E-state index in [1.165, 1.54) is 87.9 Å². The molecule has 2 aliphatic carbocycles. The van der Waals surface area contributed by atoms with Gasteiger partial charge in [-0.3, -0.25) is 0 Å². The Morgan fingerprint density at radius 2 is 1.67 bits per heavy atom. The van der Waals surface area contributed by atoms with Crippen molar-refractivity contribution in [1.29, 1.82) is 0 Å². The van der Waals surface area contributed by atoms with E-state index >= 15 is 0 Å². The summed E-state index contributed by atoms with van der Waals surface area (Å²) in [5.74, 6) is 1.31. The highest BCUT2D eigenvalue weighted by molar-refractivity contribution is 8.03. The molecule has 2 heterocycles. The van der Waals surface area contributed by atoms with Gasteiger partial charge in [-0.1, -0.05) is 97.3 Å². The Morgan fingerprint density at radius 1 is 0.843 bits per heavy atom. The molecule has 2 atom stereocenters. The Bertz CT molecular complexity index is 2110. The van der Waals surface area contributed by atoms with E-state index in [0.29, 0.717) is 11.8 Å². The first kappa shape index (κ1) is 34.9. The maximum absolute atomic E-state index is 2.67. The van der Waals surface area contributed by atoms with Gasteiger partial charge in [0.05, 0.1) is 10.7 Å². The number of anilines is 1. The number of aryl methyl sites for hydroxylation is 1. The average Bonchev–Trinajstić information content (AvgIpc) is 3.68. The van der Waals surface area contributed by atoms with Crippen LogP contribution < -0.4 is 9.47 Å². The van der Waals surface area contributed by atoms with Crippen molar-refractivity contribution >= 4 is 62.5 Å². The molecule has 0 N–H and O–H groups in total. The summed E-state index contributed by atoms with van der Waals surface area (Å²) < 4.78 is 4.05. The molecule has 0 spiro atoms. The van der Waals surface area contributed by atoms with Gasteiger partial charge in [0.2, 0.25) is 10.5 Å². The summed E-state index contributed by atoms with van der Waals surface area (Å²) in [6.45, 7) is 6.73. The Hall–Kier alpha value is -3.16. The number of hydrogen-bond donors (Lipinski definition) is 0. The lowest BCUT2D eigenvalue weighted by molar-refractivity contribution is -0.674. The van der Waals surface area contributed by atoms with Crippen LogP contribution in [0.3, 0.4) is 0 Å². The van der Waals surface area contributed by atoms with E-state index in [2.05, 4.69) is 139 Å². The number of aromatic nitrogens is 1. The topological polar surface area (TPSA) is 7.12 Å². The molecule has 3 aliphatic rings. The second-order valence-corrected chi connectivity index (χ2v) is 18.2. The second-order valence-electron chi connectivity index (χ2n) is 14.0. The van der Waals surface area contributed by atoms with Gasteiger partial charge < -0.3 is 4.90 Å². The minimum Gasteiger partial charge on any atom is -0.335 e. The third-order valence-electron chi connectivity index (χ3n) is 10.4. The summed E-state index contributed by atoms with van der Waals surface area (Å²) in [6, 6.07) is 33.9. The van der Waals surface area contributed by atoms with Gasteiger partial charge in [-0.05, 0) is 127 Å². The van der Waals surface area contributed by atoms with E-state index in [1.807, 2.05) is 34.9 Å². The van der Waals surface area contributed by atoms with Crippen LogP contribution in [0.2, 0.25) is 0 Å². The first-order valence-electron chi connectivity index (χ1n) is 18.6. The van der Waals surface area contributed by atoms with Crippen molar-refractivity contribution < 1.29 is 4.57 Å². The minimum absolute atomic E-state index is 0.594. The monoisotopic (exact) mass is 743 g/mol. The maximum atomic E-state index is 2.67. The number of fused-ring (bicyclic) bond motifs is 3. The average molecular weight is 744 g/mol. The number of thioether (sulfide) groups is 2. The van der Waals surface area contributed by atoms with Crippen LogP contribution in [-0.4, -0.2) is 12.8 Å². The minimum atomic E-state index is 0.594. The van der Waals surface area contributed by atoms with Gasteiger partial charge in [0.15, 0.2) is 0 Å². The Labute approximate surface area is 321 Å². The van der Waals surface area contributed by atoms with Crippen molar-refractivity contribution in [3.8, 4) is 11.1 Å². The van der Waals surface area contributed by atoms with Gasteiger partial charge in [-0.2, -0.15) is 4.57 Å². The highest BCUT2D eigenvalue weighted by Gasteiger charge is 2.30. The maximum Gasteiger partial charge on any atom is 0.238 e. The smallest absolute Gasteiger partial charge is 0.238 e. The fourth-order valence-electron chi connectivity index (χ4n) is 7.88. The van der Waals surface area contributed by atoms with E-state index in [4.69, 9.17) is 0 Å². The molecule has 4 aromatic carbocycles. The van der Waals surface area contributed by atoms with Gasteiger partial charge in [-0.15, -0.1) is 11.8 Å². The van der Waals surface area contributed by atoms with E-state index in [0.717, 1.165) is 32.4 Å². The molecule has 1 aliphatic heterocycles. The van der Waals surface area contributed by atoms with Crippen LogP contribution in [0.5, 0.6) is 0 Å². The van der Waals surface area contributed by atoms with E-state index in [1.54, 1.807) is 17.3 Å². The van der Waals surface area contributed by atoms with Gasteiger partial charge in [-0.25, -0.2) is 0 Å². The molecular formula is C45H47N2S4+. The van der Waals surface area contributed by atoms with Crippen LogP contribution in [0, 0.1) is 11.8 Å². The molecule has 51 heavy (non-hydrogen) atoms. The summed E-state index contributed by atoms with van der Waals surface area (Å²) in [7, 11) is 0. The first-order valence-corrected chi connectivity index (χ1v) is 22.3. The van der Waals surface area contributed by atoms with Crippen LogP contribution in [0.15, 0.2) is 145 Å². The molecule has 0 radical (unpaired) electrons. The molecule has 0 amide bonds. The summed E-state index contributed by atoms with van der Waals surface area (Å²) >= 11 is 7.62. The fraction of sp³-hybridized carbons (Fsp3) is 0.311. The summed E-state index contributed by atoms with van der Waals surface area (Å²) in [5, 5.41) is 2.92. The third kappa shape index (κ3) is 7.67. The van der Waals surface area contributed by atoms with Crippen LogP contribution in [0.25, 0.3) is 21.3 Å². The standard InChI is InChI=1S/C45H47N2S4/c1-4-23-46-40-29-35(33-15-18-37(48-3)19-16-33)17-21-42(40)50-44(46)27-31-11-13-34-14-12-32(26-36(34)25-31)28-45-47(24-5-2)41-30-39(20-22-43(41)51-45)49-38-9-7-6-8-10-38/h6-10,15-22,25-26,28-31,34H,4-5,11-14,23-24,27H2,1-3H3/q+1/b45-28-. The summed E-state index contributed by atoms with van der Waals surface area (Å²) in [5.41, 5.74) is 8.46. The van der Waals surface area contributed by atoms with Crippen molar-refractivity contribution in [3.05, 3.63) is 130 Å². The fourth-order valence-corrected chi connectivity index (χ4v) is 11.6. The highest BCUT2D eigenvalue weighted by Crippen LogP contribution is 2.49. The van der Waals surface area contributed by atoms with Gasteiger partial charge in [0.25, 0.3) is 0 Å². The van der Waals surface area contributed by atoms with Crippen LogP contribution in [-0.2, 0) is 13.0 Å². The second kappa shape index (κ2) is 15.8. The number of rotatable bonds is 11. The lowest BCUT2D eigenvalue weighted by Crippen LogP contribution is -2.37. The Morgan fingerprint density at radius 3 is 2.47 bits per heavy atom. The van der Waals surface area contributed by atoms with Crippen LogP contribution in [0.4, 0.5) is 5.69 Å². The van der Waals surface area contributed by atoms with Crippen molar-refractivity contribution in [2.45, 2.75) is 84.9 Å². The predicted octanol–water partition coefficient (Wildman–Crippen LogP) is 13.2. The van der Waals surface area contributed by atoms with Crippen molar-refractivity contribution in [2.24, 2.45) is 11.8 Å².